The molecule has 4 rings (SSSR count). The van der Waals surface area contributed by atoms with E-state index in [-0.39, 0.29) is 11.8 Å². The molecule has 0 N–H and O–H groups in total. The van der Waals surface area contributed by atoms with E-state index in [1.54, 1.807) is 0 Å². The first-order valence-electron chi connectivity index (χ1n) is 11.3. The molecule has 0 saturated carbocycles. The van der Waals surface area contributed by atoms with Crippen molar-refractivity contribution in [2.24, 2.45) is 11.8 Å². The Labute approximate surface area is 174 Å². The Morgan fingerprint density at radius 3 is 2.45 bits per heavy atom. The van der Waals surface area contributed by atoms with Gasteiger partial charge in [-0.1, -0.05) is 0 Å². The van der Waals surface area contributed by atoms with Crippen LogP contribution in [0.15, 0.2) is 24.5 Å². The SMILES string of the molecule is N#CC1CCN(C(=O)[C@H]2CCCN(C3CCN(Cc4ccncc4)CC3)C2)CC1. The molecule has 3 fully saturated rings. The maximum absolute atomic E-state index is 13.0. The minimum atomic E-state index is 0.138. The van der Waals surface area contributed by atoms with E-state index < -0.39 is 0 Å². The molecule has 3 aliphatic rings. The number of hydrogen-bond acceptors (Lipinski definition) is 5. The maximum Gasteiger partial charge on any atom is 0.226 e. The lowest BCUT2D eigenvalue weighted by Gasteiger charge is -2.43. The molecule has 0 unspecified atom stereocenters. The third-order valence-electron chi connectivity index (χ3n) is 7.02. The zero-order valence-electron chi connectivity index (χ0n) is 17.4. The van der Waals surface area contributed by atoms with Crippen molar-refractivity contribution in [3.8, 4) is 6.07 Å². The molecule has 3 saturated heterocycles. The minimum absolute atomic E-state index is 0.138. The van der Waals surface area contributed by atoms with Gasteiger partial charge in [0.15, 0.2) is 0 Å². The predicted octanol–water partition coefficient (Wildman–Crippen LogP) is 2.52. The number of carbonyl (C=O) groups is 1. The number of hydrogen-bond donors (Lipinski definition) is 0. The average Bonchev–Trinajstić information content (AvgIpc) is 2.80. The molecule has 29 heavy (non-hydrogen) atoms. The van der Waals surface area contributed by atoms with Gasteiger partial charge >= 0.3 is 0 Å². The van der Waals surface area contributed by atoms with Gasteiger partial charge in [0.05, 0.1) is 12.0 Å². The summed E-state index contributed by atoms with van der Waals surface area (Å²) in [6.45, 7) is 6.85. The van der Waals surface area contributed by atoms with Crippen molar-refractivity contribution in [2.45, 2.75) is 51.1 Å². The normalized spacial score (nSPS) is 25.6. The van der Waals surface area contributed by atoms with Crippen molar-refractivity contribution in [3.63, 3.8) is 0 Å². The second kappa shape index (κ2) is 9.69. The number of piperidine rings is 3. The highest BCUT2D eigenvalue weighted by Gasteiger charge is 2.34. The molecule has 0 spiro atoms. The summed E-state index contributed by atoms with van der Waals surface area (Å²) in [5.74, 6) is 0.623. The van der Waals surface area contributed by atoms with Gasteiger partial charge in [-0.2, -0.15) is 5.26 Å². The molecule has 1 amide bonds. The second-order valence-corrected chi connectivity index (χ2v) is 8.93. The van der Waals surface area contributed by atoms with E-state index >= 15 is 0 Å². The number of pyridine rings is 1. The van der Waals surface area contributed by atoms with Crippen LogP contribution < -0.4 is 0 Å². The van der Waals surface area contributed by atoms with Gasteiger partial charge in [0.1, 0.15) is 0 Å². The van der Waals surface area contributed by atoms with E-state index in [1.807, 2.05) is 17.3 Å². The molecular formula is C23H33N5O. The highest BCUT2D eigenvalue weighted by molar-refractivity contribution is 5.79. The summed E-state index contributed by atoms with van der Waals surface area (Å²) in [6.07, 6.45) is 9.96. The van der Waals surface area contributed by atoms with Crippen LogP contribution in [0.2, 0.25) is 0 Å². The van der Waals surface area contributed by atoms with Gasteiger partial charge < -0.3 is 4.90 Å². The summed E-state index contributed by atoms with van der Waals surface area (Å²) in [4.78, 5) is 24.3. The van der Waals surface area contributed by atoms with Crippen molar-refractivity contribution in [1.29, 1.82) is 5.26 Å². The molecule has 0 bridgehead atoms. The van der Waals surface area contributed by atoms with Crippen LogP contribution in [-0.4, -0.2) is 70.9 Å². The number of likely N-dealkylation sites (tertiary alicyclic amines) is 3. The van der Waals surface area contributed by atoms with E-state index in [9.17, 15) is 4.79 Å². The molecule has 0 aliphatic carbocycles. The molecule has 3 aliphatic heterocycles. The molecule has 156 valence electrons. The van der Waals surface area contributed by atoms with Crippen molar-refractivity contribution in [3.05, 3.63) is 30.1 Å². The van der Waals surface area contributed by atoms with Gasteiger partial charge in [0, 0.05) is 50.5 Å². The standard InChI is InChI=1S/C23H33N5O/c24-16-19-5-14-27(15-6-19)23(29)21-2-1-11-28(18-21)22-7-12-26(13-8-22)17-20-3-9-25-10-4-20/h3-4,9-10,19,21-22H,1-2,5-8,11-15,17-18H2/t21-/m0/s1. The highest BCUT2D eigenvalue weighted by atomic mass is 16.2. The molecular weight excluding hydrogens is 362 g/mol. The number of amides is 1. The lowest BCUT2D eigenvalue weighted by molar-refractivity contribution is -0.139. The topological polar surface area (TPSA) is 63.5 Å². The first-order valence-corrected chi connectivity index (χ1v) is 11.3. The quantitative estimate of drug-likeness (QED) is 0.784. The zero-order chi connectivity index (χ0) is 20.1. The fourth-order valence-electron chi connectivity index (χ4n) is 5.22. The zero-order valence-corrected chi connectivity index (χ0v) is 17.4. The number of nitriles is 1. The van der Waals surface area contributed by atoms with E-state index in [0.717, 1.165) is 71.5 Å². The second-order valence-electron chi connectivity index (χ2n) is 8.93. The van der Waals surface area contributed by atoms with Crippen LogP contribution in [0.25, 0.3) is 0 Å². The number of rotatable bonds is 4. The fourth-order valence-corrected chi connectivity index (χ4v) is 5.22. The van der Waals surface area contributed by atoms with Crippen LogP contribution in [0.1, 0.15) is 44.1 Å². The Morgan fingerprint density at radius 2 is 1.76 bits per heavy atom. The van der Waals surface area contributed by atoms with Crippen LogP contribution >= 0.6 is 0 Å². The van der Waals surface area contributed by atoms with Gasteiger partial charge in [-0.15, -0.1) is 0 Å². The molecule has 6 nitrogen and oxygen atoms in total. The van der Waals surface area contributed by atoms with Crippen LogP contribution in [0.4, 0.5) is 0 Å². The first kappa shape index (κ1) is 20.3. The van der Waals surface area contributed by atoms with E-state index in [4.69, 9.17) is 5.26 Å². The third kappa shape index (κ3) is 5.15. The van der Waals surface area contributed by atoms with Crippen LogP contribution in [-0.2, 0) is 11.3 Å². The Morgan fingerprint density at radius 1 is 1.03 bits per heavy atom. The Kier molecular flexibility index (Phi) is 6.78. The van der Waals surface area contributed by atoms with Crippen molar-refractivity contribution < 1.29 is 4.79 Å². The van der Waals surface area contributed by atoms with Crippen LogP contribution in [0.3, 0.4) is 0 Å². The van der Waals surface area contributed by atoms with E-state index in [0.29, 0.717) is 11.9 Å². The van der Waals surface area contributed by atoms with Crippen LogP contribution in [0, 0.1) is 23.2 Å². The lowest BCUT2D eigenvalue weighted by Crippen LogP contribution is -2.52. The molecule has 1 aromatic heterocycles. The summed E-state index contributed by atoms with van der Waals surface area (Å²) >= 11 is 0. The Balaban J connectivity index is 1.25. The first-order chi connectivity index (χ1) is 14.2. The summed E-state index contributed by atoms with van der Waals surface area (Å²) in [7, 11) is 0. The molecule has 1 aromatic rings. The highest BCUT2D eigenvalue weighted by Crippen LogP contribution is 2.27. The van der Waals surface area contributed by atoms with Gasteiger partial charge in [0.2, 0.25) is 5.91 Å². The average molecular weight is 396 g/mol. The van der Waals surface area contributed by atoms with E-state index in [1.165, 1.54) is 18.4 Å². The van der Waals surface area contributed by atoms with Crippen LogP contribution in [0.5, 0.6) is 0 Å². The Hall–Kier alpha value is -1.97. The Bertz CT molecular complexity index is 702. The minimum Gasteiger partial charge on any atom is -0.342 e. The van der Waals surface area contributed by atoms with Gasteiger partial charge in [-0.25, -0.2) is 0 Å². The van der Waals surface area contributed by atoms with Crippen molar-refractivity contribution in [2.75, 3.05) is 39.3 Å². The molecule has 6 heteroatoms. The summed E-state index contributed by atoms with van der Waals surface area (Å²) < 4.78 is 0. The summed E-state index contributed by atoms with van der Waals surface area (Å²) in [5.41, 5.74) is 1.34. The number of aromatic nitrogens is 1. The molecule has 1 atom stereocenters. The number of nitrogens with zero attached hydrogens (tertiary/aromatic N) is 5. The largest absolute Gasteiger partial charge is 0.342 e. The monoisotopic (exact) mass is 395 g/mol. The third-order valence-corrected chi connectivity index (χ3v) is 7.02. The van der Waals surface area contributed by atoms with Crippen molar-refractivity contribution >= 4 is 5.91 Å². The van der Waals surface area contributed by atoms with Gasteiger partial charge in [-0.05, 0) is 75.9 Å². The summed E-state index contributed by atoms with van der Waals surface area (Å²) in [6, 6.07) is 7.18. The lowest BCUT2D eigenvalue weighted by atomic mass is 9.91. The fraction of sp³-hybridized carbons (Fsp3) is 0.696. The molecule has 0 aromatic carbocycles. The van der Waals surface area contributed by atoms with Gasteiger partial charge in [0.25, 0.3) is 0 Å². The van der Waals surface area contributed by atoms with Gasteiger partial charge in [-0.3, -0.25) is 19.6 Å². The summed E-state index contributed by atoms with van der Waals surface area (Å²) in [5, 5.41) is 9.08. The predicted molar refractivity (Wildman–Crippen MR) is 112 cm³/mol. The maximum atomic E-state index is 13.0. The molecule has 4 heterocycles. The van der Waals surface area contributed by atoms with Crippen molar-refractivity contribution in [1.82, 2.24) is 19.7 Å². The smallest absolute Gasteiger partial charge is 0.226 e. The molecule has 0 radical (unpaired) electrons. The number of carbonyl (C=O) groups excluding carboxylic acids is 1. The van der Waals surface area contributed by atoms with E-state index in [2.05, 4.69) is 33.0 Å².